The highest BCUT2D eigenvalue weighted by Gasteiger charge is 2.28. The second-order valence-corrected chi connectivity index (χ2v) is 5.52. The summed E-state index contributed by atoms with van der Waals surface area (Å²) < 4.78 is 0. The molecule has 1 aliphatic heterocycles. The van der Waals surface area contributed by atoms with Crippen molar-refractivity contribution >= 4 is 11.4 Å². The van der Waals surface area contributed by atoms with Gasteiger partial charge >= 0.3 is 0 Å². The lowest BCUT2D eigenvalue weighted by Crippen LogP contribution is -2.18. The maximum atomic E-state index is 5.70. The molecule has 3 rings (SSSR count). The van der Waals surface area contributed by atoms with Gasteiger partial charge in [-0.15, -0.1) is 0 Å². The Hall–Kier alpha value is -2.13. The zero-order valence-electron chi connectivity index (χ0n) is 12.4. The molecule has 2 aromatic carbocycles. The predicted octanol–water partition coefficient (Wildman–Crippen LogP) is 3.65. The van der Waals surface area contributed by atoms with Crippen LogP contribution in [0, 0.1) is 6.92 Å². The molecule has 1 heterocycles. The smallest absolute Gasteiger partial charge is 0.0828 e. The van der Waals surface area contributed by atoms with Gasteiger partial charge in [0.1, 0.15) is 0 Å². The van der Waals surface area contributed by atoms with E-state index in [4.69, 9.17) is 10.8 Å². The molecule has 0 fully saturated rings. The van der Waals surface area contributed by atoms with E-state index in [1.165, 1.54) is 16.8 Å². The maximum Gasteiger partial charge on any atom is 0.0828 e. The molecule has 2 N–H and O–H groups in total. The molecule has 0 saturated heterocycles. The minimum Gasteiger partial charge on any atom is -0.330 e. The van der Waals surface area contributed by atoms with Gasteiger partial charge in [-0.2, -0.15) is 5.10 Å². The lowest BCUT2D eigenvalue weighted by molar-refractivity contribution is 0.707. The van der Waals surface area contributed by atoms with Crippen LogP contribution in [0.2, 0.25) is 0 Å². The summed E-state index contributed by atoms with van der Waals surface area (Å²) in [6.45, 7) is 2.77. The van der Waals surface area contributed by atoms with Crippen LogP contribution in [-0.2, 0) is 0 Å². The molecule has 108 valence electrons. The molecule has 21 heavy (non-hydrogen) atoms. The van der Waals surface area contributed by atoms with Crippen molar-refractivity contribution in [2.45, 2.75) is 25.8 Å². The third-order valence-corrected chi connectivity index (χ3v) is 3.89. The summed E-state index contributed by atoms with van der Waals surface area (Å²) in [5, 5.41) is 6.93. The van der Waals surface area contributed by atoms with E-state index < -0.39 is 0 Å². The number of hydrogen-bond donors (Lipinski definition) is 1. The Labute approximate surface area is 126 Å². The van der Waals surface area contributed by atoms with Crippen LogP contribution in [0.15, 0.2) is 59.7 Å². The first-order valence-electron chi connectivity index (χ1n) is 7.45. The molecule has 1 aliphatic rings. The second kappa shape index (κ2) is 6.10. The molecule has 0 aliphatic carbocycles. The quantitative estimate of drug-likeness (QED) is 0.928. The Morgan fingerprint density at radius 3 is 2.48 bits per heavy atom. The summed E-state index contributed by atoms with van der Waals surface area (Å²) in [7, 11) is 0. The van der Waals surface area contributed by atoms with Crippen LogP contribution in [0.1, 0.15) is 30.0 Å². The van der Waals surface area contributed by atoms with Gasteiger partial charge in [0.15, 0.2) is 0 Å². The Morgan fingerprint density at radius 1 is 1.10 bits per heavy atom. The molecule has 1 atom stereocenters. The van der Waals surface area contributed by atoms with E-state index in [0.717, 1.165) is 18.5 Å². The molecule has 0 amide bonds. The number of benzene rings is 2. The van der Waals surface area contributed by atoms with Crippen LogP contribution in [0.4, 0.5) is 5.69 Å². The van der Waals surface area contributed by atoms with Gasteiger partial charge in [0, 0.05) is 12.1 Å². The minimum absolute atomic E-state index is 0.273. The zero-order chi connectivity index (χ0) is 14.7. The number of aryl methyl sites for hydroxylation is 1. The van der Waals surface area contributed by atoms with E-state index in [-0.39, 0.29) is 6.04 Å². The largest absolute Gasteiger partial charge is 0.330 e. The van der Waals surface area contributed by atoms with E-state index in [9.17, 15) is 0 Å². The first kappa shape index (κ1) is 13.8. The number of anilines is 1. The van der Waals surface area contributed by atoms with Crippen LogP contribution in [-0.4, -0.2) is 12.3 Å². The summed E-state index contributed by atoms with van der Waals surface area (Å²) in [5.41, 5.74) is 10.6. The number of nitrogens with two attached hydrogens (primary N) is 1. The number of hydrogen-bond acceptors (Lipinski definition) is 3. The summed E-state index contributed by atoms with van der Waals surface area (Å²) >= 11 is 0. The summed E-state index contributed by atoms with van der Waals surface area (Å²) in [5.74, 6) is 0. The summed E-state index contributed by atoms with van der Waals surface area (Å²) in [4.78, 5) is 0. The van der Waals surface area contributed by atoms with Gasteiger partial charge in [0.25, 0.3) is 0 Å². The van der Waals surface area contributed by atoms with Gasteiger partial charge < -0.3 is 5.73 Å². The fourth-order valence-electron chi connectivity index (χ4n) is 2.76. The third kappa shape index (κ3) is 2.98. The molecule has 0 bridgehead atoms. The normalized spacial score (nSPS) is 17.9. The van der Waals surface area contributed by atoms with E-state index in [0.29, 0.717) is 6.54 Å². The first-order chi connectivity index (χ1) is 10.3. The van der Waals surface area contributed by atoms with Gasteiger partial charge in [0.05, 0.1) is 11.7 Å². The van der Waals surface area contributed by atoms with Crippen molar-refractivity contribution in [3.8, 4) is 0 Å². The van der Waals surface area contributed by atoms with Crippen LogP contribution in [0.3, 0.4) is 0 Å². The molecule has 1 unspecified atom stereocenters. The maximum absolute atomic E-state index is 5.70. The Kier molecular flexibility index (Phi) is 4.02. The van der Waals surface area contributed by atoms with Crippen LogP contribution >= 0.6 is 0 Å². The number of para-hydroxylation sites is 1. The average molecular weight is 279 g/mol. The van der Waals surface area contributed by atoms with Crippen molar-refractivity contribution in [1.82, 2.24) is 0 Å². The fourth-order valence-corrected chi connectivity index (χ4v) is 2.76. The van der Waals surface area contributed by atoms with Gasteiger partial charge in [-0.05, 0) is 37.6 Å². The van der Waals surface area contributed by atoms with Crippen molar-refractivity contribution in [3.63, 3.8) is 0 Å². The van der Waals surface area contributed by atoms with E-state index in [1.54, 1.807) is 0 Å². The Bertz CT molecular complexity index is 617. The molecule has 3 heteroatoms. The van der Waals surface area contributed by atoms with Crippen LogP contribution < -0.4 is 10.7 Å². The van der Waals surface area contributed by atoms with Crippen molar-refractivity contribution in [2.75, 3.05) is 11.6 Å². The second-order valence-electron chi connectivity index (χ2n) is 5.52. The lowest BCUT2D eigenvalue weighted by Gasteiger charge is -2.24. The Balaban J connectivity index is 1.93. The highest BCUT2D eigenvalue weighted by molar-refractivity contribution is 5.89. The monoisotopic (exact) mass is 279 g/mol. The third-order valence-electron chi connectivity index (χ3n) is 3.89. The van der Waals surface area contributed by atoms with E-state index in [2.05, 4.69) is 60.5 Å². The molecule has 0 spiro atoms. The highest BCUT2D eigenvalue weighted by Crippen LogP contribution is 2.35. The van der Waals surface area contributed by atoms with Crippen molar-refractivity contribution in [3.05, 3.63) is 65.7 Å². The van der Waals surface area contributed by atoms with Gasteiger partial charge in [0.2, 0.25) is 0 Å². The number of nitrogens with zero attached hydrogens (tertiary/aromatic N) is 2. The van der Waals surface area contributed by atoms with E-state index >= 15 is 0 Å². The van der Waals surface area contributed by atoms with Crippen molar-refractivity contribution in [2.24, 2.45) is 10.8 Å². The van der Waals surface area contributed by atoms with Crippen LogP contribution in [0.25, 0.3) is 0 Å². The SMILES string of the molecule is Cc1ccc(C2CC(CCN)=NN2c2ccccc2)cc1. The average Bonchev–Trinajstić information content (AvgIpc) is 2.93. The molecular weight excluding hydrogens is 258 g/mol. The predicted molar refractivity (Wildman–Crippen MR) is 88.6 cm³/mol. The molecule has 2 aromatic rings. The fraction of sp³-hybridized carbons (Fsp3) is 0.278. The number of rotatable bonds is 4. The highest BCUT2D eigenvalue weighted by atomic mass is 15.5. The van der Waals surface area contributed by atoms with E-state index in [1.807, 2.05) is 6.07 Å². The van der Waals surface area contributed by atoms with Crippen molar-refractivity contribution < 1.29 is 0 Å². The van der Waals surface area contributed by atoms with Gasteiger partial charge in [-0.1, -0.05) is 48.0 Å². The Morgan fingerprint density at radius 2 is 1.81 bits per heavy atom. The standard InChI is InChI=1S/C18H21N3/c1-14-7-9-15(10-8-14)18-13-16(11-12-19)20-21(18)17-5-3-2-4-6-17/h2-10,18H,11-13,19H2,1H3. The number of hydrazone groups is 1. The van der Waals surface area contributed by atoms with Gasteiger partial charge in [-0.25, -0.2) is 0 Å². The van der Waals surface area contributed by atoms with Crippen molar-refractivity contribution in [1.29, 1.82) is 0 Å². The molecule has 0 saturated carbocycles. The summed E-state index contributed by atoms with van der Waals surface area (Å²) in [6, 6.07) is 19.4. The molecule has 0 radical (unpaired) electrons. The zero-order valence-corrected chi connectivity index (χ0v) is 12.4. The molecule has 0 aromatic heterocycles. The first-order valence-corrected chi connectivity index (χ1v) is 7.45. The minimum atomic E-state index is 0.273. The van der Waals surface area contributed by atoms with Gasteiger partial charge in [-0.3, -0.25) is 5.01 Å². The molecular formula is C18H21N3. The summed E-state index contributed by atoms with van der Waals surface area (Å²) in [6.07, 6.45) is 1.82. The van der Waals surface area contributed by atoms with Crippen LogP contribution in [0.5, 0.6) is 0 Å². The molecule has 3 nitrogen and oxygen atoms in total. The topological polar surface area (TPSA) is 41.6 Å². The lowest BCUT2D eigenvalue weighted by atomic mass is 9.99.